The lowest BCUT2D eigenvalue weighted by Crippen LogP contribution is -2.22. The Hall–Kier alpha value is -4.38. The summed E-state index contributed by atoms with van der Waals surface area (Å²) < 4.78 is 5.72. The third kappa shape index (κ3) is 6.08. The third-order valence-corrected chi connectivity index (χ3v) is 5.05. The van der Waals surface area contributed by atoms with Crippen molar-refractivity contribution in [2.24, 2.45) is 0 Å². The van der Waals surface area contributed by atoms with E-state index in [0.29, 0.717) is 23.4 Å². The molecule has 0 aliphatic carbocycles. The van der Waals surface area contributed by atoms with Crippen molar-refractivity contribution in [3.63, 3.8) is 0 Å². The Balaban J connectivity index is 1.40. The van der Waals surface area contributed by atoms with E-state index < -0.39 is 0 Å². The van der Waals surface area contributed by atoms with Gasteiger partial charge in [0.15, 0.2) is 6.61 Å². The van der Waals surface area contributed by atoms with Gasteiger partial charge in [-0.1, -0.05) is 78.9 Å². The molecule has 2 N–H and O–H groups in total. The molecule has 0 bridgehead atoms. The average Bonchev–Trinajstić information content (AvgIpc) is 2.85. The van der Waals surface area contributed by atoms with Gasteiger partial charge in [-0.3, -0.25) is 9.59 Å². The van der Waals surface area contributed by atoms with Gasteiger partial charge in [0.2, 0.25) is 0 Å². The van der Waals surface area contributed by atoms with Crippen molar-refractivity contribution in [1.82, 2.24) is 0 Å². The van der Waals surface area contributed by atoms with Crippen LogP contribution in [0.1, 0.15) is 21.5 Å². The van der Waals surface area contributed by atoms with Gasteiger partial charge in [-0.2, -0.15) is 0 Å². The minimum absolute atomic E-state index is 0.213. The second kappa shape index (κ2) is 10.8. The lowest BCUT2D eigenvalue weighted by Gasteiger charge is -2.14. The fourth-order valence-electron chi connectivity index (χ4n) is 3.44. The molecule has 0 fully saturated rings. The summed E-state index contributed by atoms with van der Waals surface area (Å²) in [5.74, 6) is -0.252. The van der Waals surface area contributed by atoms with Crippen molar-refractivity contribution in [1.29, 1.82) is 0 Å². The van der Waals surface area contributed by atoms with Crippen molar-refractivity contribution in [2.75, 3.05) is 17.2 Å². The second-order valence-electron chi connectivity index (χ2n) is 7.47. The maximum Gasteiger partial charge on any atom is 0.262 e. The van der Waals surface area contributed by atoms with Crippen LogP contribution in [0.2, 0.25) is 0 Å². The van der Waals surface area contributed by atoms with Crippen molar-refractivity contribution in [2.45, 2.75) is 6.42 Å². The summed E-state index contributed by atoms with van der Waals surface area (Å²) in [7, 11) is 0. The van der Waals surface area contributed by atoms with Gasteiger partial charge in [0, 0.05) is 11.4 Å². The van der Waals surface area contributed by atoms with Crippen LogP contribution in [0, 0.1) is 0 Å². The number of benzene rings is 4. The monoisotopic (exact) mass is 436 g/mol. The molecule has 5 nitrogen and oxygen atoms in total. The number of amides is 2. The quantitative estimate of drug-likeness (QED) is 0.381. The first kappa shape index (κ1) is 21.8. The van der Waals surface area contributed by atoms with Crippen molar-refractivity contribution >= 4 is 23.2 Å². The fraction of sp³-hybridized carbons (Fsp3) is 0.0714. The molecule has 0 aromatic heterocycles. The number of hydrogen-bond acceptors (Lipinski definition) is 3. The molecular formula is C28H24N2O3. The molecule has 0 atom stereocenters. The number of nitrogens with one attached hydrogen (secondary N) is 2. The predicted molar refractivity (Wildman–Crippen MR) is 131 cm³/mol. The molecule has 0 aliphatic rings. The highest BCUT2D eigenvalue weighted by atomic mass is 16.5. The van der Waals surface area contributed by atoms with E-state index in [1.807, 2.05) is 72.8 Å². The molecule has 0 heterocycles. The van der Waals surface area contributed by atoms with Crippen LogP contribution in [-0.4, -0.2) is 18.4 Å². The fourth-order valence-corrected chi connectivity index (χ4v) is 3.44. The van der Waals surface area contributed by atoms with Gasteiger partial charge in [-0.25, -0.2) is 0 Å². The summed E-state index contributed by atoms with van der Waals surface area (Å²) in [5.41, 5.74) is 3.96. The van der Waals surface area contributed by atoms with E-state index in [1.165, 1.54) is 0 Å². The van der Waals surface area contributed by atoms with E-state index in [1.54, 1.807) is 24.3 Å². The summed E-state index contributed by atoms with van der Waals surface area (Å²) in [6.45, 7) is -0.213. The molecule has 4 aromatic rings. The van der Waals surface area contributed by atoms with Crippen LogP contribution in [0.25, 0.3) is 0 Å². The summed E-state index contributed by atoms with van der Waals surface area (Å²) in [6, 6.07) is 33.8. The summed E-state index contributed by atoms with van der Waals surface area (Å²) in [6.07, 6.45) is 0.709. The van der Waals surface area contributed by atoms with Crippen LogP contribution in [0.15, 0.2) is 109 Å². The standard InChI is InChI=1S/C28H24N2O3/c31-27(30-25-17-9-7-13-22(25)19-21-11-3-1-4-12-21)20-33-26-18-10-8-16-24(26)28(32)29-23-14-5-2-6-15-23/h1-18H,19-20H2,(H,29,32)(H,30,31). The van der Waals surface area contributed by atoms with Crippen LogP contribution in [-0.2, 0) is 11.2 Å². The van der Waals surface area contributed by atoms with E-state index in [4.69, 9.17) is 4.74 Å². The number of hydrogen-bond donors (Lipinski definition) is 2. The highest BCUT2D eigenvalue weighted by Crippen LogP contribution is 2.21. The van der Waals surface area contributed by atoms with Gasteiger partial charge in [0.25, 0.3) is 11.8 Å². The van der Waals surface area contributed by atoms with E-state index >= 15 is 0 Å². The predicted octanol–water partition coefficient (Wildman–Crippen LogP) is 5.55. The number of anilines is 2. The van der Waals surface area contributed by atoms with Gasteiger partial charge in [-0.05, 0) is 47.9 Å². The Morgan fingerprint density at radius 2 is 1.30 bits per heavy atom. The first-order chi connectivity index (χ1) is 16.2. The van der Waals surface area contributed by atoms with Gasteiger partial charge in [-0.15, -0.1) is 0 Å². The molecule has 2 amide bonds. The third-order valence-electron chi connectivity index (χ3n) is 5.05. The van der Waals surface area contributed by atoms with Crippen LogP contribution < -0.4 is 15.4 Å². The minimum atomic E-state index is -0.301. The summed E-state index contributed by atoms with van der Waals surface area (Å²) in [4.78, 5) is 25.3. The smallest absolute Gasteiger partial charge is 0.262 e. The van der Waals surface area contributed by atoms with Crippen LogP contribution >= 0.6 is 0 Å². The lowest BCUT2D eigenvalue weighted by atomic mass is 10.0. The number of carbonyl (C=O) groups is 2. The average molecular weight is 437 g/mol. The van der Waals surface area contributed by atoms with E-state index in [2.05, 4.69) is 22.8 Å². The molecular weight excluding hydrogens is 412 g/mol. The number of para-hydroxylation sites is 3. The minimum Gasteiger partial charge on any atom is -0.483 e. The highest BCUT2D eigenvalue weighted by Gasteiger charge is 2.14. The van der Waals surface area contributed by atoms with Crippen LogP contribution in [0.4, 0.5) is 11.4 Å². The van der Waals surface area contributed by atoms with Crippen LogP contribution in [0.5, 0.6) is 5.75 Å². The lowest BCUT2D eigenvalue weighted by molar-refractivity contribution is -0.118. The largest absolute Gasteiger partial charge is 0.483 e. The first-order valence-electron chi connectivity index (χ1n) is 10.7. The maximum atomic E-state index is 12.7. The molecule has 164 valence electrons. The van der Waals surface area contributed by atoms with E-state index in [0.717, 1.165) is 16.8 Å². The molecule has 4 rings (SSSR count). The Labute approximate surface area is 193 Å². The molecule has 0 spiro atoms. The Kier molecular flexibility index (Phi) is 7.13. The van der Waals surface area contributed by atoms with Gasteiger partial charge in [0.1, 0.15) is 5.75 Å². The summed E-state index contributed by atoms with van der Waals surface area (Å²) in [5, 5.41) is 5.76. The number of rotatable bonds is 8. The Morgan fingerprint density at radius 3 is 2.09 bits per heavy atom. The van der Waals surface area contributed by atoms with Gasteiger partial charge >= 0.3 is 0 Å². The molecule has 0 aliphatic heterocycles. The molecule has 5 heteroatoms. The van der Waals surface area contributed by atoms with Crippen molar-refractivity contribution < 1.29 is 14.3 Å². The Morgan fingerprint density at radius 1 is 0.667 bits per heavy atom. The zero-order chi connectivity index (χ0) is 22.9. The van der Waals surface area contributed by atoms with Gasteiger partial charge < -0.3 is 15.4 Å². The van der Waals surface area contributed by atoms with Gasteiger partial charge in [0.05, 0.1) is 5.56 Å². The molecule has 0 unspecified atom stereocenters. The first-order valence-corrected chi connectivity index (χ1v) is 10.7. The van der Waals surface area contributed by atoms with Crippen molar-refractivity contribution in [3.05, 3.63) is 126 Å². The topological polar surface area (TPSA) is 67.4 Å². The molecule has 0 saturated heterocycles. The number of carbonyl (C=O) groups excluding carboxylic acids is 2. The van der Waals surface area contributed by atoms with E-state index in [9.17, 15) is 9.59 Å². The summed E-state index contributed by atoms with van der Waals surface area (Å²) >= 11 is 0. The highest BCUT2D eigenvalue weighted by molar-refractivity contribution is 6.06. The van der Waals surface area contributed by atoms with E-state index in [-0.39, 0.29) is 18.4 Å². The molecule has 0 saturated carbocycles. The molecule has 0 radical (unpaired) electrons. The zero-order valence-corrected chi connectivity index (χ0v) is 18.0. The Bertz CT molecular complexity index is 1220. The SMILES string of the molecule is O=C(COc1ccccc1C(=O)Nc1ccccc1)Nc1ccccc1Cc1ccccc1. The van der Waals surface area contributed by atoms with Crippen molar-refractivity contribution in [3.8, 4) is 5.75 Å². The normalized spacial score (nSPS) is 10.3. The molecule has 33 heavy (non-hydrogen) atoms. The second-order valence-corrected chi connectivity index (χ2v) is 7.47. The maximum absolute atomic E-state index is 12.7. The zero-order valence-electron chi connectivity index (χ0n) is 18.0. The number of ether oxygens (including phenoxy) is 1. The molecule has 4 aromatic carbocycles. The van der Waals surface area contributed by atoms with Crippen LogP contribution in [0.3, 0.4) is 0 Å².